The number of aryl methyl sites for hydroxylation is 1. The second kappa shape index (κ2) is 3.76. The van der Waals surface area contributed by atoms with Crippen molar-refractivity contribution in [3.8, 4) is 0 Å². The molecule has 3 atom stereocenters. The quantitative estimate of drug-likeness (QED) is 0.856. The van der Waals surface area contributed by atoms with Crippen molar-refractivity contribution in [1.82, 2.24) is 4.98 Å². The average molecular weight is 224 g/mol. The zero-order valence-electron chi connectivity index (χ0n) is 8.90. The Kier molecular flexibility index (Phi) is 2.41. The normalized spacial score (nSPS) is 33.5. The summed E-state index contributed by atoms with van der Waals surface area (Å²) in [6.45, 7) is 2.14. The van der Waals surface area contributed by atoms with Crippen molar-refractivity contribution in [3.05, 3.63) is 11.1 Å². The van der Waals surface area contributed by atoms with Crippen LogP contribution in [0.15, 0.2) is 5.38 Å². The van der Waals surface area contributed by atoms with Crippen LogP contribution in [0.25, 0.3) is 0 Å². The highest BCUT2D eigenvalue weighted by atomic mass is 32.1. The third-order valence-electron chi connectivity index (χ3n) is 3.33. The molecular weight excluding hydrogens is 208 g/mol. The minimum absolute atomic E-state index is 0.434. The number of fused-ring (bicyclic) bond motifs is 2. The molecule has 82 valence electrons. The van der Waals surface area contributed by atoms with Crippen LogP contribution < -0.4 is 5.32 Å². The van der Waals surface area contributed by atoms with Gasteiger partial charge in [0, 0.05) is 5.38 Å². The first-order valence-corrected chi connectivity index (χ1v) is 6.59. The third-order valence-corrected chi connectivity index (χ3v) is 4.15. The summed E-state index contributed by atoms with van der Waals surface area (Å²) in [5, 5.41) is 6.71. The molecule has 3 nitrogen and oxygen atoms in total. The Morgan fingerprint density at radius 1 is 1.60 bits per heavy atom. The van der Waals surface area contributed by atoms with Gasteiger partial charge in [0.05, 0.1) is 23.9 Å². The molecule has 2 saturated heterocycles. The number of aromatic nitrogens is 1. The van der Waals surface area contributed by atoms with Crippen LogP contribution in [-0.2, 0) is 11.2 Å². The van der Waals surface area contributed by atoms with E-state index in [1.54, 1.807) is 11.3 Å². The topological polar surface area (TPSA) is 34.1 Å². The second-order valence-corrected chi connectivity index (χ2v) is 5.22. The zero-order valence-corrected chi connectivity index (χ0v) is 9.72. The van der Waals surface area contributed by atoms with Crippen molar-refractivity contribution in [2.75, 3.05) is 5.32 Å². The standard InChI is InChI=1S/C11H16N2OS/c1-2-7-6-15-11(12-7)13-9-5-8-3-4-10(9)14-8/h6,8-10H,2-5H2,1H3,(H,12,13). The fourth-order valence-electron chi connectivity index (χ4n) is 2.48. The Labute approximate surface area is 93.9 Å². The van der Waals surface area contributed by atoms with Crippen molar-refractivity contribution in [2.45, 2.75) is 50.9 Å². The third kappa shape index (κ3) is 1.76. The van der Waals surface area contributed by atoms with Crippen LogP contribution >= 0.6 is 11.3 Å². The summed E-state index contributed by atoms with van der Waals surface area (Å²) in [4.78, 5) is 4.53. The minimum atomic E-state index is 0.434. The Hall–Kier alpha value is -0.610. The maximum atomic E-state index is 5.80. The second-order valence-electron chi connectivity index (χ2n) is 4.36. The summed E-state index contributed by atoms with van der Waals surface area (Å²) in [6.07, 6.45) is 5.59. The van der Waals surface area contributed by atoms with Gasteiger partial charge in [-0.15, -0.1) is 11.3 Å². The Bertz CT molecular complexity index is 352. The summed E-state index contributed by atoms with van der Waals surface area (Å²) in [5.41, 5.74) is 1.19. The average Bonchev–Trinajstić information content (AvgIpc) is 2.92. The summed E-state index contributed by atoms with van der Waals surface area (Å²) in [6, 6.07) is 0.500. The van der Waals surface area contributed by atoms with Gasteiger partial charge in [0.15, 0.2) is 5.13 Å². The van der Waals surface area contributed by atoms with Gasteiger partial charge in [-0.3, -0.25) is 0 Å². The Morgan fingerprint density at radius 3 is 3.13 bits per heavy atom. The fourth-order valence-corrected chi connectivity index (χ4v) is 3.34. The smallest absolute Gasteiger partial charge is 0.183 e. The summed E-state index contributed by atoms with van der Waals surface area (Å²) in [7, 11) is 0. The molecule has 0 saturated carbocycles. The summed E-state index contributed by atoms with van der Waals surface area (Å²) >= 11 is 1.71. The molecule has 15 heavy (non-hydrogen) atoms. The van der Waals surface area contributed by atoms with E-state index >= 15 is 0 Å². The minimum Gasteiger partial charge on any atom is -0.373 e. The molecule has 0 amide bonds. The molecule has 0 aliphatic carbocycles. The van der Waals surface area contributed by atoms with E-state index < -0.39 is 0 Å². The van der Waals surface area contributed by atoms with Crippen LogP contribution in [0.3, 0.4) is 0 Å². The molecule has 2 fully saturated rings. The molecule has 1 aromatic heterocycles. The number of anilines is 1. The monoisotopic (exact) mass is 224 g/mol. The van der Waals surface area contributed by atoms with E-state index in [-0.39, 0.29) is 0 Å². The van der Waals surface area contributed by atoms with Crippen molar-refractivity contribution < 1.29 is 4.74 Å². The highest BCUT2D eigenvalue weighted by molar-refractivity contribution is 7.13. The number of ether oxygens (including phenoxy) is 1. The van der Waals surface area contributed by atoms with Crippen molar-refractivity contribution in [2.24, 2.45) is 0 Å². The van der Waals surface area contributed by atoms with Crippen molar-refractivity contribution >= 4 is 16.5 Å². The number of nitrogens with zero attached hydrogens (tertiary/aromatic N) is 1. The van der Waals surface area contributed by atoms with E-state index in [0.717, 1.165) is 18.0 Å². The lowest BCUT2D eigenvalue weighted by Gasteiger charge is -2.19. The highest BCUT2D eigenvalue weighted by Crippen LogP contribution is 2.36. The molecular formula is C11H16N2OS. The lowest BCUT2D eigenvalue weighted by molar-refractivity contribution is 0.102. The van der Waals surface area contributed by atoms with Gasteiger partial charge in [0.1, 0.15) is 0 Å². The molecule has 0 radical (unpaired) electrons. The largest absolute Gasteiger partial charge is 0.373 e. The maximum absolute atomic E-state index is 5.80. The van der Waals surface area contributed by atoms with Gasteiger partial charge < -0.3 is 10.1 Å². The van der Waals surface area contributed by atoms with Gasteiger partial charge in [0.2, 0.25) is 0 Å². The lowest BCUT2D eigenvalue weighted by Crippen LogP contribution is -2.30. The SMILES string of the molecule is CCc1csc(NC2CC3CCC2O3)n1. The van der Waals surface area contributed by atoms with Crippen LogP contribution in [0.4, 0.5) is 5.13 Å². The molecule has 3 unspecified atom stereocenters. The highest BCUT2D eigenvalue weighted by Gasteiger charge is 2.40. The number of nitrogens with one attached hydrogen (secondary N) is 1. The van der Waals surface area contributed by atoms with E-state index in [2.05, 4.69) is 22.6 Å². The zero-order chi connectivity index (χ0) is 10.3. The molecule has 3 heterocycles. The fraction of sp³-hybridized carbons (Fsp3) is 0.727. The van der Waals surface area contributed by atoms with Gasteiger partial charge in [-0.1, -0.05) is 6.92 Å². The van der Waals surface area contributed by atoms with Crippen molar-refractivity contribution in [1.29, 1.82) is 0 Å². The molecule has 4 heteroatoms. The Morgan fingerprint density at radius 2 is 2.53 bits per heavy atom. The molecule has 2 bridgehead atoms. The maximum Gasteiger partial charge on any atom is 0.183 e. The summed E-state index contributed by atoms with van der Waals surface area (Å²) in [5.74, 6) is 0. The molecule has 0 spiro atoms. The first kappa shape index (κ1) is 9.60. The van der Waals surface area contributed by atoms with Crippen LogP contribution in [0, 0.1) is 0 Å². The van der Waals surface area contributed by atoms with Gasteiger partial charge in [0.25, 0.3) is 0 Å². The van der Waals surface area contributed by atoms with Crippen molar-refractivity contribution in [3.63, 3.8) is 0 Å². The predicted octanol–water partition coefficient (Wildman–Crippen LogP) is 2.44. The van der Waals surface area contributed by atoms with Crippen LogP contribution in [-0.4, -0.2) is 23.2 Å². The number of hydrogen-bond acceptors (Lipinski definition) is 4. The van der Waals surface area contributed by atoms with Gasteiger partial charge in [-0.25, -0.2) is 4.98 Å². The molecule has 3 rings (SSSR count). The van der Waals surface area contributed by atoms with E-state index in [9.17, 15) is 0 Å². The first-order chi connectivity index (χ1) is 7.35. The van der Waals surface area contributed by atoms with Crippen LogP contribution in [0.1, 0.15) is 31.9 Å². The van der Waals surface area contributed by atoms with Gasteiger partial charge >= 0.3 is 0 Å². The number of rotatable bonds is 3. The number of thiazole rings is 1. The van der Waals surface area contributed by atoms with E-state index in [4.69, 9.17) is 4.74 Å². The first-order valence-electron chi connectivity index (χ1n) is 5.71. The predicted molar refractivity (Wildman–Crippen MR) is 61.4 cm³/mol. The van der Waals surface area contributed by atoms with E-state index in [0.29, 0.717) is 18.2 Å². The molecule has 1 aromatic rings. The van der Waals surface area contributed by atoms with E-state index in [1.165, 1.54) is 18.5 Å². The molecule has 1 N–H and O–H groups in total. The van der Waals surface area contributed by atoms with Crippen LogP contribution in [0.2, 0.25) is 0 Å². The number of hydrogen-bond donors (Lipinski definition) is 1. The summed E-state index contributed by atoms with van der Waals surface area (Å²) < 4.78 is 5.80. The molecule has 2 aliphatic rings. The lowest BCUT2D eigenvalue weighted by atomic mass is 9.96. The van der Waals surface area contributed by atoms with Gasteiger partial charge in [-0.2, -0.15) is 0 Å². The Balaban J connectivity index is 1.65. The van der Waals surface area contributed by atoms with Crippen LogP contribution in [0.5, 0.6) is 0 Å². The van der Waals surface area contributed by atoms with Gasteiger partial charge in [-0.05, 0) is 25.7 Å². The molecule has 2 aliphatic heterocycles. The van der Waals surface area contributed by atoms with E-state index in [1.807, 2.05) is 0 Å². The molecule has 0 aromatic carbocycles.